The maximum atomic E-state index is 13.4. The van der Waals surface area contributed by atoms with E-state index in [1.54, 1.807) is 24.3 Å². The molecule has 0 radical (unpaired) electrons. The highest BCUT2D eigenvalue weighted by Crippen LogP contribution is 2.20. The number of rotatable bonds is 3. The van der Waals surface area contributed by atoms with Crippen LogP contribution >= 0.6 is 0 Å². The van der Waals surface area contributed by atoms with Gasteiger partial charge in [-0.25, -0.2) is 4.39 Å². The monoisotopic (exact) mass is 180 g/mol. The lowest BCUT2D eigenvalue weighted by molar-refractivity contribution is 0.386. The summed E-state index contributed by atoms with van der Waals surface area (Å²) in [6.45, 7) is 2.01. The summed E-state index contributed by atoms with van der Waals surface area (Å²) < 4.78 is 18.3. The van der Waals surface area contributed by atoms with E-state index in [4.69, 9.17) is 4.74 Å². The minimum Gasteiger partial charge on any atom is -0.494 e. The molecule has 0 N–H and O–H groups in total. The van der Waals surface area contributed by atoms with Crippen molar-refractivity contribution in [2.24, 2.45) is 0 Å². The summed E-state index contributed by atoms with van der Waals surface area (Å²) in [5.41, 5.74) is 0.571. The van der Waals surface area contributed by atoms with Crippen molar-refractivity contribution in [1.29, 1.82) is 0 Å². The van der Waals surface area contributed by atoms with Crippen molar-refractivity contribution >= 4 is 6.08 Å². The van der Waals surface area contributed by atoms with Gasteiger partial charge in [0.1, 0.15) is 0 Å². The van der Waals surface area contributed by atoms with Gasteiger partial charge in [-0.15, -0.1) is 0 Å². The van der Waals surface area contributed by atoms with Crippen LogP contribution in [0.25, 0.3) is 6.08 Å². The zero-order valence-corrected chi connectivity index (χ0v) is 7.88. The Balaban J connectivity index is 3.01. The molecule has 0 atom stereocenters. The largest absolute Gasteiger partial charge is 0.494 e. The molecule has 0 aromatic heterocycles. The second-order valence-electron chi connectivity index (χ2n) is 2.67. The molecule has 0 aliphatic heterocycles. The first kappa shape index (κ1) is 9.78. The van der Waals surface area contributed by atoms with Gasteiger partial charge in [0, 0.05) is 5.56 Å². The second-order valence-corrected chi connectivity index (χ2v) is 2.67. The van der Waals surface area contributed by atoms with E-state index >= 15 is 0 Å². The smallest absolute Gasteiger partial charge is 0.172 e. The number of methoxy groups -OCH3 is 1. The molecule has 0 aliphatic carbocycles. The Labute approximate surface area is 77.8 Å². The van der Waals surface area contributed by atoms with Gasteiger partial charge in [0.2, 0.25) is 0 Å². The third-order valence-corrected chi connectivity index (χ3v) is 1.75. The number of hydrogen-bond acceptors (Lipinski definition) is 1. The SMILES string of the molecule is CC/C=C/c1cccc(OC)c1F. The molecule has 1 rings (SSSR count). The molecule has 0 spiro atoms. The standard InChI is InChI=1S/C11H13FO/c1-3-4-6-9-7-5-8-10(13-2)11(9)12/h4-8H,3H2,1-2H3/b6-4+. The molecule has 0 amide bonds. The summed E-state index contributed by atoms with van der Waals surface area (Å²) in [6, 6.07) is 5.11. The Morgan fingerprint density at radius 1 is 1.46 bits per heavy atom. The number of benzene rings is 1. The number of ether oxygens (including phenoxy) is 1. The fourth-order valence-corrected chi connectivity index (χ4v) is 1.06. The van der Waals surface area contributed by atoms with E-state index in [9.17, 15) is 4.39 Å². The Kier molecular flexibility index (Phi) is 3.50. The van der Waals surface area contributed by atoms with Crippen LogP contribution in [0.15, 0.2) is 24.3 Å². The Morgan fingerprint density at radius 3 is 2.85 bits per heavy atom. The molecule has 0 unspecified atom stereocenters. The lowest BCUT2D eigenvalue weighted by Crippen LogP contribution is -1.89. The van der Waals surface area contributed by atoms with Gasteiger partial charge in [-0.2, -0.15) is 0 Å². The number of halogens is 1. The quantitative estimate of drug-likeness (QED) is 0.693. The van der Waals surface area contributed by atoms with Gasteiger partial charge in [0.15, 0.2) is 11.6 Å². The van der Waals surface area contributed by atoms with Crippen molar-refractivity contribution < 1.29 is 9.13 Å². The molecule has 70 valence electrons. The molecule has 13 heavy (non-hydrogen) atoms. The highest BCUT2D eigenvalue weighted by Gasteiger charge is 2.04. The maximum Gasteiger partial charge on any atom is 0.172 e. The van der Waals surface area contributed by atoms with Crippen LogP contribution in [0.1, 0.15) is 18.9 Å². The van der Waals surface area contributed by atoms with Crippen LogP contribution in [0, 0.1) is 5.82 Å². The normalized spacial score (nSPS) is 10.7. The summed E-state index contributed by atoms with van der Waals surface area (Å²) in [6.07, 6.45) is 4.58. The minimum atomic E-state index is -0.297. The first-order valence-corrected chi connectivity index (χ1v) is 4.28. The van der Waals surface area contributed by atoms with E-state index in [1.165, 1.54) is 7.11 Å². The predicted molar refractivity (Wildman–Crippen MR) is 52.3 cm³/mol. The molecule has 1 aromatic carbocycles. The zero-order chi connectivity index (χ0) is 9.68. The third-order valence-electron chi connectivity index (χ3n) is 1.75. The van der Waals surface area contributed by atoms with Gasteiger partial charge in [0.05, 0.1) is 7.11 Å². The van der Waals surface area contributed by atoms with Crippen LogP contribution in [0.2, 0.25) is 0 Å². The van der Waals surface area contributed by atoms with Crippen LogP contribution in [0.4, 0.5) is 4.39 Å². The van der Waals surface area contributed by atoms with Crippen molar-refractivity contribution in [2.45, 2.75) is 13.3 Å². The third kappa shape index (κ3) is 2.31. The molecule has 0 aliphatic rings. The maximum absolute atomic E-state index is 13.4. The van der Waals surface area contributed by atoms with Gasteiger partial charge < -0.3 is 4.74 Å². The molecular formula is C11H13FO. The van der Waals surface area contributed by atoms with Gasteiger partial charge in [0.25, 0.3) is 0 Å². The van der Waals surface area contributed by atoms with Crippen LogP contribution < -0.4 is 4.74 Å². The topological polar surface area (TPSA) is 9.23 Å². The van der Waals surface area contributed by atoms with Gasteiger partial charge in [-0.05, 0) is 12.5 Å². The second kappa shape index (κ2) is 4.65. The van der Waals surface area contributed by atoms with Gasteiger partial charge >= 0.3 is 0 Å². The van der Waals surface area contributed by atoms with Crippen LogP contribution in [-0.2, 0) is 0 Å². The molecule has 0 fully saturated rings. The summed E-state index contributed by atoms with van der Waals surface area (Å²) in [5.74, 6) is -0.00652. The Morgan fingerprint density at radius 2 is 2.23 bits per heavy atom. The molecule has 1 nitrogen and oxygen atoms in total. The Bertz CT molecular complexity index is 305. The summed E-state index contributed by atoms with van der Waals surface area (Å²) in [5, 5.41) is 0. The van der Waals surface area contributed by atoms with Crippen molar-refractivity contribution in [1.82, 2.24) is 0 Å². The minimum absolute atomic E-state index is 0.290. The lowest BCUT2D eigenvalue weighted by atomic mass is 10.2. The van der Waals surface area contributed by atoms with Crippen molar-refractivity contribution in [3.8, 4) is 5.75 Å². The Hall–Kier alpha value is -1.31. The zero-order valence-electron chi connectivity index (χ0n) is 7.88. The van der Waals surface area contributed by atoms with Crippen LogP contribution in [0.5, 0.6) is 5.75 Å². The molecular weight excluding hydrogens is 167 g/mol. The van der Waals surface area contributed by atoms with Crippen molar-refractivity contribution in [3.05, 3.63) is 35.7 Å². The highest BCUT2D eigenvalue weighted by molar-refractivity contribution is 5.52. The predicted octanol–water partition coefficient (Wildman–Crippen LogP) is 3.26. The van der Waals surface area contributed by atoms with E-state index in [1.807, 2.05) is 13.0 Å². The fourth-order valence-electron chi connectivity index (χ4n) is 1.06. The van der Waals surface area contributed by atoms with Crippen molar-refractivity contribution in [3.63, 3.8) is 0 Å². The van der Waals surface area contributed by atoms with E-state index in [0.29, 0.717) is 11.3 Å². The van der Waals surface area contributed by atoms with Gasteiger partial charge in [-0.1, -0.05) is 31.2 Å². The van der Waals surface area contributed by atoms with E-state index in [-0.39, 0.29) is 5.82 Å². The fraction of sp³-hybridized carbons (Fsp3) is 0.273. The summed E-state index contributed by atoms with van der Waals surface area (Å²) in [4.78, 5) is 0. The molecule has 0 saturated carbocycles. The molecule has 0 heterocycles. The van der Waals surface area contributed by atoms with E-state index in [0.717, 1.165) is 6.42 Å². The van der Waals surface area contributed by atoms with Gasteiger partial charge in [-0.3, -0.25) is 0 Å². The van der Waals surface area contributed by atoms with Crippen molar-refractivity contribution in [2.75, 3.05) is 7.11 Å². The molecule has 2 heteroatoms. The first-order chi connectivity index (χ1) is 6.29. The van der Waals surface area contributed by atoms with Crippen LogP contribution in [-0.4, -0.2) is 7.11 Å². The van der Waals surface area contributed by atoms with Crippen LogP contribution in [0.3, 0.4) is 0 Å². The molecule has 1 aromatic rings. The molecule has 0 saturated heterocycles. The summed E-state index contributed by atoms with van der Waals surface area (Å²) in [7, 11) is 1.46. The highest BCUT2D eigenvalue weighted by atomic mass is 19.1. The average Bonchev–Trinajstić information content (AvgIpc) is 2.16. The van der Waals surface area contributed by atoms with E-state index in [2.05, 4.69) is 0 Å². The summed E-state index contributed by atoms with van der Waals surface area (Å²) >= 11 is 0. The molecule has 0 bridgehead atoms. The lowest BCUT2D eigenvalue weighted by Gasteiger charge is -2.03. The first-order valence-electron chi connectivity index (χ1n) is 4.28. The number of allylic oxidation sites excluding steroid dienone is 1. The van der Waals surface area contributed by atoms with E-state index < -0.39 is 0 Å². The number of hydrogen-bond donors (Lipinski definition) is 0. The average molecular weight is 180 g/mol.